The molecular formula is C25H25NO2. The third-order valence-electron chi connectivity index (χ3n) is 6.10. The van der Waals surface area contributed by atoms with Gasteiger partial charge in [-0.15, -0.1) is 0 Å². The van der Waals surface area contributed by atoms with Gasteiger partial charge in [0.25, 0.3) is 0 Å². The van der Waals surface area contributed by atoms with Gasteiger partial charge in [-0.05, 0) is 65.3 Å². The van der Waals surface area contributed by atoms with Crippen LogP contribution in [0.4, 0.5) is 0 Å². The van der Waals surface area contributed by atoms with Crippen molar-refractivity contribution in [3.63, 3.8) is 0 Å². The Morgan fingerprint density at radius 2 is 1.64 bits per heavy atom. The maximum atomic E-state index is 9.96. The van der Waals surface area contributed by atoms with Crippen LogP contribution >= 0.6 is 0 Å². The summed E-state index contributed by atoms with van der Waals surface area (Å²) in [6, 6.07) is 25.3. The van der Waals surface area contributed by atoms with Crippen LogP contribution < -0.4 is 10.1 Å². The van der Waals surface area contributed by atoms with Gasteiger partial charge in [-0.1, -0.05) is 48.5 Å². The molecule has 1 aliphatic heterocycles. The molecule has 1 fully saturated rings. The fraction of sp³-hybridized carbons (Fsp3) is 0.280. The minimum Gasteiger partial charge on any atom is -0.508 e. The monoisotopic (exact) mass is 371 g/mol. The molecule has 0 bridgehead atoms. The lowest BCUT2D eigenvalue weighted by Gasteiger charge is -2.35. The van der Waals surface area contributed by atoms with Gasteiger partial charge in [-0.3, -0.25) is 0 Å². The molecule has 0 radical (unpaired) electrons. The van der Waals surface area contributed by atoms with E-state index in [-0.39, 0.29) is 5.92 Å². The fourth-order valence-electron chi connectivity index (χ4n) is 4.57. The Morgan fingerprint density at radius 1 is 0.857 bits per heavy atom. The molecule has 3 nitrogen and oxygen atoms in total. The molecule has 3 aromatic rings. The van der Waals surface area contributed by atoms with Crippen molar-refractivity contribution < 1.29 is 9.84 Å². The number of fused-ring (bicyclic) bond motifs is 1. The van der Waals surface area contributed by atoms with Crippen LogP contribution in [-0.2, 0) is 6.42 Å². The van der Waals surface area contributed by atoms with Crippen molar-refractivity contribution >= 4 is 0 Å². The first kappa shape index (κ1) is 17.3. The third kappa shape index (κ3) is 3.27. The zero-order chi connectivity index (χ0) is 18.9. The molecule has 0 spiro atoms. The highest BCUT2D eigenvalue weighted by Gasteiger charge is 2.32. The van der Waals surface area contributed by atoms with Crippen LogP contribution in [0.2, 0.25) is 0 Å². The molecule has 0 aromatic heterocycles. The first-order valence-corrected chi connectivity index (χ1v) is 10.1. The summed E-state index contributed by atoms with van der Waals surface area (Å²) in [6.07, 6.45) is 2.37. The number of rotatable bonds is 4. The Hall–Kier alpha value is -2.78. The lowest BCUT2D eigenvalue weighted by atomic mass is 9.69. The summed E-state index contributed by atoms with van der Waals surface area (Å²) in [4.78, 5) is 0. The molecule has 2 unspecified atom stereocenters. The zero-order valence-electron chi connectivity index (χ0n) is 15.8. The van der Waals surface area contributed by atoms with Crippen LogP contribution in [0.3, 0.4) is 0 Å². The SMILES string of the molecule is Oc1ccc2c(c1)CCC(c1ccccc1)C2c1ccc(OC2CNC2)cc1. The molecule has 1 saturated heterocycles. The van der Waals surface area contributed by atoms with Gasteiger partial charge in [0.05, 0.1) is 0 Å². The number of nitrogens with one attached hydrogen (secondary N) is 1. The van der Waals surface area contributed by atoms with Crippen molar-refractivity contribution in [2.75, 3.05) is 13.1 Å². The average molecular weight is 371 g/mol. The highest BCUT2D eigenvalue weighted by molar-refractivity contribution is 5.48. The van der Waals surface area contributed by atoms with E-state index in [4.69, 9.17) is 4.74 Å². The van der Waals surface area contributed by atoms with E-state index in [1.165, 1.54) is 22.3 Å². The molecule has 1 aliphatic carbocycles. The molecule has 1 heterocycles. The van der Waals surface area contributed by atoms with Crippen molar-refractivity contribution in [1.82, 2.24) is 5.32 Å². The normalized spacial score (nSPS) is 21.6. The van der Waals surface area contributed by atoms with Crippen LogP contribution in [0.5, 0.6) is 11.5 Å². The number of phenolic OH excluding ortho intramolecular Hbond substituents is 1. The van der Waals surface area contributed by atoms with Crippen LogP contribution in [-0.4, -0.2) is 24.3 Å². The van der Waals surface area contributed by atoms with Gasteiger partial charge < -0.3 is 15.2 Å². The van der Waals surface area contributed by atoms with E-state index in [0.29, 0.717) is 17.8 Å². The van der Waals surface area contributed by atoms with Gasteiger partial charge in [0.1, 0.15) is 17.6 Å². The summed E-state index contributed by atoms with van der Waals surface area (Å²) < 4.78 is 5.99. The van der Waals surface area contributed by atoms with Crippen molar-refractivity contribution in [1.29, 1.82) is 0 Å². The van der Waals surface area contributed by atoms with Crippen molar-refractivity contribution in [3.8, 4) is 11.5 Å². The van der Waals surface area contributed by atoms with E-state index >= 15 is 0 Å². The molecule has 28 heavy (non-hydrogen) atoms. The Labute approximate surface area is 166 Å². The van der Waals surface area contributed by atoms with Crippen LogP contribution in [0, 0.1) is 0 Å². The molecule has 2 atom stereocenters. The van der Waals surface area contributed by atoms with Crippen LogP contribution in [0.15, 0.2) is 72.8 Å². The molecule has 2 aliphatic rings. The molecule has 142 valence electrons. The topological polar surface area (TPSA) is 41.5 Å². The highest BCUT2D eigenvalue weighted by Crippen LogP contribution is 2.47. The van der Waals surface area contributed by atoms with Crippen LogP contribution in [0.1, 0.15) is 40.5 Å². The lowest BCUT2D eigenvalue weighted by molar-refractivity contribution is 0.142. The average Bonchev–Trinajstić information content (AvgIpc) is 2.71. The second kappa shape index (κ2) is 7.33. The number of phenols is 1. The predicted molar refractivity (Wildman–Crippen MR) is 111 cm³/mol. The summed E-state index contributed by atoms with van der Waals surface area (Å²) in [7, 11) is 0. The molecule has 5 rings (SSSR count). The van der Waals surface area contributed by atoms with E-state index in [2.05, 4.69) is 66.0 Å². The van der Waals surface area contributed by atoms with Gasteiger partial charge >= 0.3 is 0 Å². The van der Waals surface area contributed by atoms with Crippen molar-refractivity contribution in [2.45, 2.75) is 30.8 Å². The minimum absolute atomic E-state index is 0.283. The number of benzene rings is 3. The summed E-state index contributed by atoms with van der Waals surface area (Å²) in [6.45, 7) is 1.86. The Balaban J connectivity index is 1.52. The fourth-order valence-corrected chi connectivity index (χ4v) is 4.57. The Kier molecular flexibility index (Phi) is 4.53. The number of hydrogen-bond acceptors (Lipinski definition) is 3. The number of ether oxygens (including phenoxy) is 1. The highest BCUT2D eigenvalue weighted by atomic mass is 16.5. The lowest BCUT2D eigenvalue weighted by Crippen LogP contribution is -2.50. The molecular weight excluding hydrogens is 346 g/mol. The molecule has 3 heteroatoms. The molecule has 0 saturated carbocycles. The first-order chi connectivity index (χ1) is 13.8. The summed E-state index contributed by atoms with van der Waals surface area (Å²) in [5, 5.41) is 13.2. The van der Waals surface area contributed by atoms with E-state index in [1.807, 2.05) is 12.1 Å². The van der Waals surface area contributed by atoms with Gasteiger partial charge in [0.15, 0.2) is 0 Å². The van der Waals surface area contributed by atoms with Gasteiger partial charge in [0.2, 0.25) is 0 Å². The van der Waals surface area contributed by atoms with Crippen molar-refractivity contribution in [3.05, 3.63) is 95.1 Å². The third-order valence-corrected chi connectivity index (χ3v) is 6.10. The smallest absolute Gasteiger partial charge is 0.123 e. The molecule has 0 amide bonds. The Bertz CT molecular complexity index is 948. The van der Waals surface area contributed by atoms with Gasteiger partial charge in [0, 0.05) is 19.0 Å². The maximum absolute atomic E-state index is 9.96. The standard InChI is InChI=1S/C25H25NO2/c27-20-9-13-24-19(14-20)8-12-23(17-4-2-1-3-5-17)25(24)18-6-10-21(11-7-18)28-22-15-26-16-22/h1-7,9-11,13-14,22-23,25-27H,8,12,15-16H2. The van der Waals surface area contributed by atoms with E-state index in [1.54, 1.807) is 0 Å². The minimum atomic E-state index is 0.283. The zero-order valence-corrected chi connectivity index (χ0v) is 15.8. The predicted octanol–water partition coefficient (Wildman–Crippen LogP) is 4.60. The number of hydrogen-bond donors (Lipinski definition) is 2. The van der Waals surface area contributed by atoms with Crippen molar-refractivity contribution in [2.24, 2.45) is 0 Å². The van der Waals surface area contributed by atoms with Crippen LogP contribution in [0.25, 0.3) is 0 Å². The second-order valence-corrected chi connectivity index (χ2v) is 7.88. The summed E-state index contributed by atoms with van der Waals surface area (Å²) in [5.41, 5.74) is 5.28. The number of aromatic hydroxyl groups is 1. The Morgan fingerprint density at radius 3 is 2.36 bits per heavy atom. The summed E-state index contributed by atoms with van der Waals surface area (Å²) >= 11 is 0. The van der Waals surface area contributed by atoms with Gasteiger partial charge in [-0.2, -0.15) is 0 Å². The molecule has 3 aromatic carbocycles. The molecule has 2 N–H and O–H groups in total. The largest absolute Gasteiger partial charge is 0.508 e. The summed E-state index contributed by atoms with van der Waals surface area (Å²) in [5.74, 6) is 2.01. The van der Waals surface area contributed by atoms with E-state index in [0.717, 1.165) is 31.7 Å². The first-order valence-electron chi connectivity index (χ1n) is 10.1. The maximum Gasteiger partial charge on any atom is 0.123 e. The van der Waals surface area contributed by atoms with Gasteiger partial charge in [-0.25, -0.2) is 0 Å². The second-order valence-electron chi connectivity index (χ2n) is 7.88. The number of aryl methyl sites for hydroxylation is 1. The quantitative estimate of drug-likeness (QED) is 0.704. The van der Waals surface area contributed by atoms with E-state index in [9.17, 15) is 5.11 Å². The van der Waals surface area contributed by atoms with E-state index < -0.39 is 0 Å².